The Morgan fingerprint density at radius 2 is 2.06 bits per heavy atom. The fraction of sp³-hybridized carbons (Fsp3) is 0.385. The fourth-order valence-electron chi connectivity index (χ4n) is 1.84. The molecule has 1 heterocycles. The summed E-state index contributed by atoms with van der Waals surface area (Å²) >= 11 is 0. The standard InChI is InChI=1S/C13H18N4/c1-2-14-8-7-12-5-3-4-6-13(12)9-17-11-15-10-16-17/h3-6,10-11,14H,2,7-9H2,1H3. The van der Waals surface area contributed by atoms with Crippen molar-refractivity contribution in [3.63, 3.8) is 0 Å². The Labute approximate surface area is 102 Å². The molecule has 0 amide bonds. The molecule has 0 spiro atoms. The molecule has 0 aliphatic rings. The summed E-state index contributed by atoms with van der Waals surface area (Å²) in [5.41, 5.74) is 2.69. The van der Waals surface area contributed by atoms with Crippen molar-refractivity contribution in [2.45, 2.75) is 19.9 Å². The van der Waals surface area contributed by atoms with E-state index in [1.165, 1.54) is 11.1 Å². The van der Waals surface area contributed by atoms with Gasteiger partial charge in [0.05, 0.1) is 6.54 Å². The van der Waals surface area contributed by atoms with Crippen LogP contribution >= 0.6 is 0 Å². The summed E-state index contributed by atoms with van der Waals surface area (Å²) in [5, 5.41) is 7.49. The van der Waals surface area contributed by atoms with E-state index in [2.05, 4.69) is 46.6 Å². The van der Waals surface area contributed by atoms with E-state index in [0.29, 0.717) is 0 Å². The molecule has 1 N–H and O–H groups in total. The first-order chi connectivity index (χ1) is 8.40. The van der Waals surface area contributed by atoms with Gasteiger partial charge < -0.3 is 5.32 Å². The Bertz CT molecular complexity index is 436. The van der Waals surface area contributed by atoms with E-state index >= 15 is 0 Å². The Kier molecular flexibility index (Phi) is 4.27. The molecule has 4 heteroatoms. The summed E-state index contributed by atoms with van der Waals surface area (Å²) < 4.78 is 1.85. The molecule has 0 fully saturated rings. The van der Waals surface area contributed by atoms with Crippen molar-refractivity contribution >= 4 is 0 Å². The van der Waals surface area contributed by atoms with Crippen molar-refractivity contribution in [3.8, 4) is 0 Å². The highest BCUT2D eigenvalue weighted by Crippen LogP contribution is 2.10. The molecule has 0 aliphatic carbocycles. The maximum Gasteiger partial charge on any atom is 0.137 e. The van der Waals surface area contributed by atoms with Crippen LogP contribution in [-0.2, 0) is 13.0 Å². The van der Waals surface area contributed by atoms with Gasteiger partial charge in [0.25, 0.3) is 0 Å². The SMILES string of the molecule is CCNCCc1ccccc1Cn1cncn1. The summed E-state index contributed by atoms with van der Waals surface area (Å²) in [6, 6.07) is 8.50. The molecule has 90 valence electrons. The highest BCUT2D eigenvalue weighted by molar-refractivity contribution is 5.27. The molecule has 0 atom stereocenters. The van der Waals surface area contributed by atoms with Crippen LogP contribution in [0.15, 0.2) is 36.9 Å². The van der Waals surface area contributed by atoms with Gasteiger partial charge in [0, 0.05) is 0 Å². The Hall–Kier alpha value is -1.68. The van der Waals surface area contributed by atoms with Gasteiger partial charge in [-0.1, -0.05) is 31.2 Å². The van der Waals surface area contributed by atoms with Gasteiger partial charge in [-0.05, 0) is 30.6 Å². The Balaban J connectivity index is 2.05. The number of benzene rings is 1. The molecule has 2 aromatic rings. The summed E-state index contributed by atoms with van der Waals surface area (Å²) in [6.07, 6.45) is 4.38. The van der Waals surface area contributed by atoms with E-state index in [1.807, 2.05) is 4.68 Å². The van der Waals surface area contributed by atoms with Crippen LogP contribution in [0.25, 0.3) is 0 Å². The predicted molar refractivity (Wildman–Crippen MR) is 67.8 cm³/mol. The minimum Gasteiger partial charge on any atom is -0.317 e. The molecule has 4 nitrogen and oxygen atoms in total. The van der Waals surface area contributed by atoms with Crippen molar-refractivity contribution in [2.24, 2.45) is 0 Å². The second kappa shape index (κ2) is 6.15. The molecule has 1 aromatic heterocycles. The first-order valence-electron chi connectivity index (χ1n) is 6.00. The quantitative estimate of drug-likeness (QED) is 0.764. The van der Waals surface area contributed by atoms with Gasteiger partial charge in [-0.15, -0.1) is 0 Å². The van der Waals surface area contributed by atoms with Gasteiger partial charge >= 0.3 is 0 Å². The molecule has 0 saturated heterocycles. The zero-order valence-electron chi connectivity index (χ0n) is 10.1. The Morgan fingerprint density at radius 1 is 1.24 bits per heavy atom. The van der Waals surface area contributed by atoms with Crippen LogP contribution in [0.4, 0.5) is 0 Å². The molecule has 0 aliphatic heterocycles. The number of nitrogens with zero attached hydrogens (tertiary/aromatic N) is 3. The maximum absolute atomic E-state index is 4.14. The van der Waals surface area contributed by atoms with E-state index in [9.17, 15) is 0 Å². The third-order valence-corrected chi connectivity index (χ3v) is 2.74. The summed E-state index contributed by atoms with van der Waals surface area (Å²) in [6.45, 7) is 4.96. The van der Waals surface area contributed by atoms with Crippen LogP contribution < -0.4 is 5.32 Å². The lowest BCUT2D eigenvalue weighted by Crippen LogP contribution is -2.17. The molecule has 0 bridgehead atoms. The topological polar surface area (TPSA) is 42.7 Å². The minimum atomic E-state index is 0.794. The van der Waals surface area contributed by atoms with Crippen molar-refractivity contribution in [3.05, 3.63) is 48.0 Å². The van der Waals surface area contributed by atoms with Crippen LogP contribution in [0.3, 0.4) is 0 Å². The van der Waals surface area contributed by atoms with Crippen molar-refractivity contribution in [1.29, 1.82) is 0 Å². The second-order valence-corrected chi connectivity index (χ2v) is 3.97. The van der Waals surface area contributed by atoms with Gasteiger partial charge in [-0.2, -0.15) is 5.10 Å². The minimum absolute atomic E-state index is 0.794. The molecule has 17 heavy (non-hydrogen) atoms. The lowest BCUT2D eigenvalue weighted by Gasteiger charge is -2.09. The maximum atomic E-state index is 4.14. The van der Waals surface area contributed by atoms with Gasteiger partial charge in [-0.25, -0.2) is 9.67 Å². The number of likely N-dealkylation sites (N-methyl/N-ethyl adjacent to an activating group) is 1. The smallest absolute Gasteiger partial charge is 0.137 e. The van der Waals surface area contributed by atoms with Gasteiger partial charge in [0.1, 0.15) is 12.7 Å². The van der Waals surface area contributed by atoms with Crippen molar-refractivity contribution < 1.29 is 0 Å². The average molecular weight is 230 g/mol. The second-order valence-electron chi connectivity index (χ2n) is 3.97. The van der Waals surface area contributed by atoms with E-state index in [0.717, 1.165) is 26.1 Å². The number of rotatable bonds is 6. The van der Waals surface area contributed by atoms with Crippen LogP contribution in [0, 0.1) is 0 Å². The molecule has 0 radical (unpaired) electrons. The van der Waals surface area contributed by atoms with Crippen LogP contribution in [0.5, 0.6) is 0 Å². The highest BCUT2D eigenvalue weighted by Gasteiger charge is 2.02. The molecule has 0 unspecified atom stereocenters. The van der Waals surface area contributed by atoms with E-state index < -0.39 is 0 Å². The predicted octanol–water partition coefficient (Wildman–Crippen LogP) is 1.48. The van der Waals surface area contributed by atoms with Crippen molar-refractivity contribution in [2.75, 3.05) is 13.1 Å². The Morgan fingerprint density at radius 3 is 2.76 bits per heavy atom. The van der Waals surface area contributed by atoms with Gasteiger partial charge in [-0.3, -0.25) is 0 Å². The van der Waals surface area contributed by atoms with E-state index in [4.69, 9.17) is 0 Å². The first-order valence-corrected chi connectivity index (χ1v) is 6.00. The summed E-state index contributed by atoms with van der Waals surface area (Å²) in [4.78, 5) is 3.96. The largest absolute Gasteiger partial charge is 0.317 e. The zero-order valence-corrected chi connectivity index (χ0v) is 10.1. The van der Waals surface area contributed by atoms with Crippen LogP contribution in [-0.4, -0.2) is 27.9 Å². The van der Waals surface area contributed by atoms with Crippen LogP contribution in [0.2, 0.25) is 0 Å². The van der Waals surface area contributed by atoms with E-state index in [1.54, 1.807) is 12.7 Å². The lowest BCUT2D eigenvalue weighted by molar-refractivity contribution is 0.669. The zero-order chi connectivity index (χ0) is 11.9. The number of aromatic nitrogens is 3. The third-order valence-electron chi connectivity index (χ3n) is 2.74. The number of hydrogen-bond donors (Lipinski definition) is 1. The monoisotopic (exact) mass is 230 g/mol. The molecular formula is C13H18N4. The summed E-state index contributed by atoms with van der Waals surface area (Å²) in [7, 11) is 0. The lowest BCUT2D eigenvalue weighted by atomic mass is 10.0. The average Bonchev–Trinajstić information content (AvgIpc) is 2.84. The third kappa shape index (κ3) is 3.39. The molecule has 2 rings (SSSR count). The highest BCUT2D eigenvalue weighted by atomic mass is 15.3. The van der Waals surface area contributed by atoms with Gasteiger partial charge in [0.2, 0.25) is 0 Å². The van der Waals surface area contributed by atoms with Crippen LogP contribution in [0.1, 0.15) is 18.1 Å². The van der Waals surface area contributed by atoms with Gasteiger partial charge in [0.15, 0.2) is 0 Å². The molecule has 1 aromatic carbocycles. The molecular weight excluding hydrogens is 212 g/mol. The molecule has 0 saturated carbocycles. The van der Waals surface area contributed by atoms with E-state index in [-0.39, 0.29) is 0 Å². The summed E-state index contributed by atoms with van der Waals surface area (Å²) in [5.74, 6) is 0. The fourth-order valence-corrected chi connectivity index (χ4v) is 1.84. The first kappa shape index (κ1) is 11.8. The number of nitrogens with one attached hydrogen (secondary N) is 1. The van der Waals surface area contributed by atoms with Crippen molar-refractivity contribution in [1.82, 2.24) is 20.1 Å². The normalized spacial score (nSPS) is 10.6. The number of hydrogen-bond acceptors (Lipinski definition) is 3.